The summed E-state index contributed by atoms with van der Waals surface area (Å²) in [4.78, 5) is 35.5. The molecule has 2 aromatic rings. The highest BCUT2D eigenvalue weighted by Gasteiger charge is 2.74. The largest absolute Gasteiger partial charge is 0.493 e. The van der Waals surface area contributed by atoms with Crippen LogP contribution < -0.4 is 14.2 Å². The minimum atomic E-state index is -1.19. The van der Waals surface area contributed by atoms with Gasteiger partial charge in [0.1, 0.15) is 12.0 Å². The molecule has 0 amide bonds. The first kappa shape index (κ1) is 26.4. The van der Waals surface area contributed by atoms with Crippen molar-refractivity contribution >= 4 is 23.3 Å². The molecule has 2 saturated heterocycles. The summed E-state index contributed by atoms with van der Waals surface area (Å²) in [5.41, 5.74) is 2.32. The number of piperidine rings is 2. The van der Waals surface area contributed by atoms with E-state index in [1.165, 1.54) is 28.4 Å². The highest BCUT2D eigenvalue weighted by Crippen LogP contribution is 2.66. The second-order valence-electron chi connectivity index (χ2n) is 10.8. The Morgan fingerprint density at radius 2 is 1.80 bits per heavy atom. The smallest absolute Gasteiger partial charge is 0.338 e. The second kappa shape index (κ2) is 9.66. The summed E-state index contributed by atoms with van der Waals surface area (Å²) in [7, 11) is 5.89. The first-order valence-electron chi connectivity index (χ1n) is 13.5. The van der Waals surface area contributed by atoms with E-state index in [1.807, 2.05) is 25.1 Å². The van der Waals surface area contributed by atoms with Gasteiger partial charge in [-0.3, -0.25) is 14.7 Å². The lowest BCUT2D eigenvalue weighted by Gasteiger charge is -2.64. The monoisotopic (exact) mass is 546 g/mol. The van der Waals surface area contributed by atoms with Crippen LogP contribution in [0.25, 0.3) is 0 Å². The fourth-order valence-electron chi connectivity index (χ4n) is 7.77. The number of aliphatic imine (C=N–C) groups is 1. The van der Waals surface area contributed by atoms with E-state index in [2.05, 4.69) is 17.0 Å². The first-order chi connectivity index (χ1) is 19.4. The molecule has 210 valence electrons. The van der Waals surface area contributed by atoms with Gasteiger partial charge in [-0.15, -0.1) is 0 Å². The third-order valence-corrected chi connectivity index (χ3v) is 9.47. The molecule has 6 rings (SSSR count). The summed E-state index contributed by atoms with van der Waals surface area (Å²) in [6.45, 7) is 3.41. The lowest BCUT2D eigenvalue weighted by molar-refractivity contribution is -0.170. The first-order valence-corrected chi connectivity index (χ1v) is 13.5. The number of ether oxygens (including phenoxy) is 5. The molecular weight excluding hydrogens is 512 g/mol. The average molecular weight is 547 g/mol. The molecule has 0 N–H and O–H groups in total. The zero-order valence-corrected chi connectivity index (χ0v) is 23.5. The molecule has 4 unspecified atom stereocenters. The molecule has 9 nitrogen and oxygen atoms in total. The summed E-state index contributed by atoms with van der Waals surface area (Å²) >= 11 is 0. The van der Waals surface area contributed by atoms with Gasteiger partial charge in [0.05, 0.1) is 51.1 Å². The molecule has 3 aliphatic heterocycles. The Morgan fingerprint density at radius 3 is 2.45 bits per heavy atom. The minimum absolute atomic E-state index is 0.124. The van der Waals surface area contributed by atoms with Crippen molar-refractivity contribution in [1.82, 2.24) is 4.90 Å². The summed E-state index contributed by atoms with van der Waals surface area (Å²) < 4.78 is 28.0. The fraction of sp³-hybridized carbons (Fsp3) is 0.452. The van der Waals surface area contributed by atoms with Gasteiger partial charge in [0, 0.05) is 24.7 Å². The Balaban J connectivity index is 1.49. The number of esters is 2. The Kier molecular flexibility index (Phi) is 6.37. The van der Waals surface area contributed by atoms with E-state index < -0.39 is 16.8 Å². The normalized spacial score (nSPS) is 28.8. The molecule has 1 aliphatic carbocycles. The lowest BCUT2D eigenvalue weighted by Crippen LogP contribution is -2.75. The summed E-state index contributed by atoms with van der Waals surface area (Å²) in [5.74, 6) is -0.103. The van der Waals surface area contributed by atoms with Gasteiger partial charge in [-0.2, -0.15) is 0 Å². The summed E-state index contributed by atoms with van der Waals surface area (Å²) in [5, 5.41) is 0. The summed E-state index contributed by atoms with van der Waals surface area (Å²) in [6.07, 6.45) is 3.50. The molecule has 4 atom stereocenters. The molecule has 3 heterocycles. The van der Waals surface area contributed by atoms with Gasteiger partial charge in [0.25, 0.3) is 0 Å². The number of hydrogen-bond acceptors (Lipinski definition) is 9. The number of rotatable bonds is 7. The predicted octanol–water partition coefficient (Wildman–Crippen LogP) is 4.11. The molecule has 1 saturated carbocycles. The molecule has 9 heteroatoms. The Hall–Kier alpha value is -3.85. The van der Waals surface area contributed by atoms with Crippen LogP contribution in [0.1, 0.15) is 35.7 Å². The molecule has 4 aliphatic rings. The number of hydrogen-bond donors (Lipinski definition) is 0. The van der Waals surface area contributed by atoms with Gasteiger partial charge < -0.3 is 23.7 Å². The van der Waals surface area contributed by atoms with Crippen molar-refractivity contribution in [2.75, 3.05) is 48.1 Å². The molecule has 3 fully saturated rings. The van der Waals surface area contributed by atoms with E-state index in [0.29, 0.717) is 30.1 Å². The van der Waals surface area contributed by atoms with Crippen molar-refractivity contribution in [3.63, 3.8) is 0 Å². The Morgan fingerprint density at radius 1 is 1.07 bits per heavy atom. The van der Waals surface area contributed by atoms with Gasteiger partial charge in [-0.25, -0.2) is 4.79 Å². The van der Waals surface area contributed by atoms with E-state index in [4.69, 9.17) is 28.7 Å². The Bertz CT molecular complexity index is 1420. The van der Waals surface area contributed by atoms with Gasteiger partial charge >= 0.3 is 11.9 Å². The van der Waals surface area contributed by atoms with E-state index in [1.54, 1.807) is 12.1 Å². The zero-order valence-electron chi connectivity index (χ0n) is 23.5. The number of nitrogens with zero attached hydrogens (tertiary/aromatic N) is 2. The number of carbonyl (C=O) groups is 2. The molecule has 3 bridgehead atoms. The van der Waals surface area contributed by atoms with Crippen LogP contribution in [0, 0.1) is 11.3 Å². The number of methoxy groups -OCH3 is 4. The van der Waals surface area contributed by atoms with Crippen LogP contribution in [0.3, 0.4) is 0 Å². The van der Waals surface area contributed by atoms with Gasteiger partial charge in [0.2, 0.25) is 5.75 Å². The fourth-order valence-corrected chi connectivity index (χ4v) is 7.77. The van der Waals surface area contributed by atoms with Gasteiger partial charge in [0.15, 0.2) is 11.5 Å². The lowest BCUT2D eigenvalue weighted by atomic mass is 9.43. The van der Waals surface area contributed by atoms with Crippen molar-refractivity contribution in [1.29, 1.82) is 0 Å². The van der Waals surface area contributed by atoms with Crippen LogP contribution in [0.2, 0.25) is 0 Å². The molecule has 2 aromatic carbocycles. The molecule has 0 aromatic heterocycles. The molecule has 0 spiro atoms. The van der Waals surface area contributed by atoms with Gasteiger partial charge in [-0.1, -0.05) is 29.8 Å². The maximum Gasteiger partial charge on any atom is 0.338 e. The Labute approximate surface area is 233 Å². The maximum atomic E-state index is 14.3. The minimum Gasteiger partial charge on any atom is -0.493 e. The van der Waals surface area contributed by atoms with Crippen LogP contribution in [-0.4, -0.2) is 76.7 Å². The third-order valence-electron chi connectivity index (χ3n) is 9.47. The van der Waals surface area contributed by atoms with Crippen LogP contribution in [0.15, 0.2) is 53.0 Å². The molecular formula is C31H34N2O7. The third kappa shape index (κ3) is 3.33. The molecule has 40 heavy (non-hydrogen) atoms. The second-order valence-corrected chi connectivity index (χ2v) is 10.8. The number of fused-ring (bicyclic) bond motifs is 2. The topological polar surface area (TPSA) is 95.9 Å². The standard InChI is InChI=1S/C31H34N2O7/c1-6-18-16-33-12-11-30-20-9-7-8-10-22(20)32-27(30)23(33)15-21(18)31(30,29(35)39-5)17-40-28(34)19-13-24(36-2)26(38-4)25(14-19)37-3/h6-10,13-14,21,23H,11-12,15-17H2,1-5H3. The zero-order chi connectivity index (χ0) is 28.2. The number of carbonyl (C=O) groups excluding carboxylic acids is 2. The number of para-hydroxylation sites is 1. The van der Waals surface area contributed by atoms with Crippen molar-refractivity contribution in [2.24, 2.45) is 16.3 Å². The SMILES string of the molecule is CC=C1CN2CCC34C(=Nc5ccccc53)C2CC1C4(COC(=O)c1cc(OC)c(OC)c(OC)c1)C(=O)OC. The van der Waals surface area contributed by atoms with Crippen LogP contribution in [0.4, 0.5) is 5.69 Å². The average Bonchev–Trinajstić information content (AvgIpc) is 3.36. The number of allylic oxidation sites excluding steroid dienone is 1. The quantitative estimate of drug-likeness (QED) is 0.378. The predicted molar refractivity (Wildman–Crippen MR) is 148 cm³/mol. The highest BCUT2D eigenvalue weighted by molar-refractivity contribution is 6.11. The summed E-state index contributed by atoms with van der Waals surface area (Å²) in [6, 6.07) is 11.3. The maximum absolute atomic E-state index is 14.3. The van der Waals surface area contributed by atoms with Crippen LogP contribution in [-0.2, 0) is 19.7 Å². The van der Waals surface area contributed by atoms with Crippen molar-refractivity contribution in [2.45, 2.75) is 31.2 Å². The number of benzene rings is 2. The van der Waals surface area contributed by atoms with Crippen LogP contribution >= 0.6 is 0 Å². The van der Waals surface area contributed by atoms with Crippen LogP contribution in [0.5, 0.6) is 17.2 Å². The van der Waals surface area contributed by atoms with Crippen molar-refractivity contribution < 1.29 is 33.3 Å². The van der Waals surface area contributed by atoms with E-state index in [-0.39, 0.29) is 30.1 Å². The van der Waals surface area contributed by atoms with E-state index in [0.717, 1.165) is 35.6 Å². The van der Waals surface area contributed by atoms with Crippen molar-refractivity contribution in [3.05, 3.63) is 59.2 Å². The van der Waals surface area contributed by atoms with Crippen molar-refractivity contribution in [3.8, 4) is 17.2 Å². The van der Waals surface area contributed by atoms with E-state index in [9.17, 15) is 9.59 Å². The van der Waals surface area contributed by atoms with Gasteiger partial charge in [-0.05, 0) is 43.5 Å². The molecule has 0 radical (unpaired) electrons. The highest BCUT2D eigenvalue weighted by atomic mass is 16.6. The van der Waals surface area contributed by atoms with E-state index >= 15 is 0 Å².